The number of benzene rings is 2. The first-order chi connectivity index (χ1) is 19.2. The lowest BCUT2D eigenvalue weighted by atomic mass is 9.98. The summed E-state index contributed by atoms with van der Waals surface area (Å²) in [6.07, 6.45) is -3.52. The summed E-state index contributed by atoms with van der Waals surface area (Å²) in [6, 6.07) is 10.2. The van der Waals surface area contributed by atoms with Gasteiger partial charge in [-0.15, -0.1) is 0 Å². The van der Waals surface area contributed by atoms with Crippen LogP contribution in [0.2, 0.25) is 0 Å². The van der Waals surface area contributed by atoms with Crippen molar-refractivity contribution in [2.45, 2.75) is 26.2 Å². The molecule has 1 unspecified atom stereocenters. The zero-order valence-electron chi connectivity index (χ0n) is 28.4. The van der Waals surface area contributed by atoms with Gasteiger partial charge in [0.1, 0.15) is 12.7 Å². The van der Waals surface area contributed by atoms with Crippen LogP contribution in [-0.2, 0) is 11.2 Å². The van der Waals surface area contributed by atoms with Crippen molar-refractivity contribution in [1.29, 1.82) is 0 Å². The molecule has 1 N–H and O–H groups in total. The molecule has 1 aliphatic rings. The number of nitrogens with zero attached hydrogens (tertiary/aromatic N) is 2. The van der Waals surface area contributed by atoms with E-state index in [0.29, 0.717) is 5.75 Å². The maximum Gasteiger partial charge on any atom is 0.161 e. The van der Waals surface area contributed by atoms with Crippen LogP contribution in [0.5, 0.6) is 11.5 Å². The van der Waals surface area contributed by atoms with Gasteiger partial charge >= 0.3 is 0 Å². The fraction of sp³-hybridized carbons (Fsp3) is 0.480. The van der Waals surface area contributed by atoms with Crippen molar-refractivity contribution in [1.82, 2.24) is 9.80 Å². The summed E-state index contributed by atoms with van der Waals surface area (Å²) >= 11 is 0. The van der Waals surface area contributed by atoms with Crippen LogP contribution in [0.1, 0.15) is 31.8 Å². The Morgan fingerprint density at radius 3 is 2.39 bits per heavy atom. The molecule has 6 nitrogen and oxygen atoms in total. The van der Waals surface area contributed by atoms with Gasteiger partial charge < -0.3 is 14.6 Å². The van der Waals surface area contributed by atoms with Crippen LogP contribution in [0.3, 0.4) is 0 Å². The van der Waals surface area contributed by atoms with Gasteiger partial charge in [0.25, 0.3) is 0 Å². The van der Waals surface area contributed by atoms with Gasteiger partial charge in [0.05, 0.1) is 17.7 Å². The predicted molar refractivity (Wildman–Crippen MR) is 122 cm³/mol. The molecule has 3 rings (SSSR count). The number of methoxy groups -OCH3 is 1. The van der Waals surface area contributed by atoms with Crippen molar-refractivity contribution >= 4 is 5.78 Å². The maximum absolute atomic E-state index is 13.2. The first-order valence-corrected chi connectivity index (χ1v) is 9.88. The normalized spacial score (nSPS) is 24.1. The molecule has 0 aromatic heterocycles. The lowest BCUT2D eigenvalue weighted by Crippen LogP contribution is -2.50. The summed E-state index contributed by atoms with van der Waals surface area (Å²) in [4.78, 5) is 15.5. The Morgan fingerprint density at radius 1 is 1.10 bits per heavy atom. The Balaban J connectivity index is 1.72. The van der Waals surface area contributed by atoms with Crippen LogP contribution in [0, 0.1) is 13.7 Å². The molecule has 31 heavy (non-hydrogen) atoms. The molecule has 0 amide bonds. The van der Waals surface area contributed by atoms with Crippen LogP contribution in [0.25, 0.3) is 0 Å². The van der Waals surface area contributed by atoms with E-state index < -0.39 is 51.6 Å². The number of β-amino-alcohol motifs (C(OH)–C–C–N with tert-alkyl or cyclic N) is 1. The van der Waals surface area contributed by atoms with E-state index in [1.807, 2.05) is 0 Å². The van der Waals surface area contributed by atoms with E-state index >= 15 is 0 Å². The Labute approximate surface area is 200 Å². The molecule has 0 bridgehead atoms. The first kappa shape index (κ1) is 12.6. The van der Waals surface area contributed by atoms with Crippen molar-refractivity contribution in [2.75, 3.05) is 52.9 Å². The predicted octanol–water partition coefficient (Wildman–Crippen LogP) is 2.48. The molecule has 0 radical (unpaired) electrons. The van der Waals surface area contributed by atoms with E-state index in [1.54, 1.807) is 24.3 Å². The largest absolute Gasteiger partial charge is 0.493 e. The molecule has 1 fully saturated rings. The zero-order chi connectivity index (χ0) is 31.7. The minimum Gasteiger partial charge on any atom is -0.493 e. The summed E-state index contributed by atoms with van der Waals surface area (Å²) in [6.45, 7) is -12.2. The quantitative estimate of drug-likeness (QED) is 0.616. The molecule has 0 aliphatic carbocycles. The average Bonchev–Trinajstić information content (AvgIpc) is 2.90. The standard InChI is InChI=1S/C25H34N2O4/c1-19-7-6-8-20(2)23(19)15-21(28)16-26-11-13-27(14-12-26)17-22(29)18-31-25-10-5-4-9-24(25)30-3/h4-10,22,29H,11-18H2,1-3H3/i1D3,2D3,16D2,17D2,22D. The number of hydrogen-bond donors (Lipinski definition) is 1. The van der Waals surface area contributed by atoms with Crippen molar-refractivity contribution in [3.05, 3.63) is 59.2 Å². The summed E-state index contributed by atoms with van der Waals surface area (Å²) in [7, 11) is 1.41. The van der Waals surface area contributed by atoms with Crippen molar-refractivity contribution in [2.24, 2.45) is 0 Å². The van der Waals surface area contributed by atoms with Gasteiger partial charge in [-0.05, 0) is 42.5 Å². The second-order valence-electron chi connectivity index (χ2n) is 7.02. The summed E-state index contributed by atoms with van der Waals surface area (Å²) in [5, 5.41) is 10.7. The van der Waals surface area contributed by atoms with Gasteiger partial charge in [0.15, 0.2) is 17.3 Å². The molecule has 1 atom stereocenters. The highest BCUT2D eigenvalue weighted by molar-refractivity contribution is 5.83. The van der Waals surface area contributed by atoms with Gasteiger partial charge in [-0.3, -0.25) is 14.6 Å². The average molecular weight is 438 g/mol. The van der Waals surface area contributed by atoms with Gasteiger partial charge in [-0.2, -0.15) is 0 Å². The van der Waals surface area contributed by atoms with Crippen LogP contribution < -0.4 is 9.47 Å². The second kappa shape index (κ2) is 11.3. The van der Waals surface area contributed by atoms with E-state index in [9.17, 15) is 9.90 Å². The highest BCUT2D eigenvalue weighted by Gasteiger charge is 2.21. The molecule has 6 heteroatoms. The number of ketones is 1. The number of hydrogen-bond acceptors (Lipinski definition) is 6. The number of Topliss-reactive ketones (excluding diaryl/α,β-unsaturated/α-hetero) is 1. The lowest BCUT2D eigenvalue weighted by Gasteiger charge is -2.35. The van der Waals surface area contributed by atoms with E-state index in [0.717, 1.165) is 9.80 Å². The minimum absolute atomic E-state index is 0.165. The second-order valence-corrected chi connectivity index (χ2v) is 7.02. The summed E-state index contributed by atoms with van der Waals surface area (Å²) in [5.41, 5.74) is -0.956. The number of rotatable bonds is 10. The molecule has 1 saturated heterocycles. The number of carbonyl (C=O) groups is 1. The molecule has 2 aromatic carbocycles. The van der Waals surface area contributed by atoms with Gasteiger partial charge in [-0.1, -0.05) is 30.3 Å². The molecule has 1 heterocycles. The van der Waals surface area contributed by atoms with Crippen molar-refractivity contribution < 1.29 is 34.5 Å². The highest BCUT2D eigenvalue weighted by Crippen LogP contribution is 2.25. The third kappa shape index (κ3) is 6.79. The van der Waals surface area contributed by atoms with E-state index in [1.165, 1.54) is 25.3 Å². The molecular formula is C25H34N2O4. The fourth-order valence-electron chi connectivity index (χ4n) is 3.18. The Hall–Kier alpha value is -2.41. The number of para-hydroxylation sites is 2. The lowest BCUT2D eigenvalue weighted by molar-refractivity contribution is -0.120. The fourth-order valence-corrected chi connectivity index (χ4v) is 3.18. The third-order valence-electron chi connectivity index (χ3n) is 4.80. The van der Waals surface area contributed by atoms with Crippen LogP contribution in [-0.4, -0.2) is 79.7 Å². The molecule has 0 spiro atoms. The molecule has 2 aromatic rings. The van der Waals surface area contributed by atoms with E-state index in [4.69, 9.17) is 24.6 Å². The molecule has 168 valence electrons. The van der Waals surface area contributed by atoms with Crippen molar-refractivity contribution in [3.8, 4) is 11.5 Å². The summed E-state index contributed by atoms with van der Waals surface area (Å²) in [5.74, 6) is -0.509. The molecular weight excluding hydrogens is 392 g/mol. The Morgan fingerprint density at radius 2 is 1.74 bits per heavy atom. The van der Waals surface area contributed by atoms with E-state index in [2.05, 4.69) is 0 Å². The highest BCUT2D eigenvalue weighted by atomic mass is 16.5. The van der Waals surface area contributed by atoms with Crippen LogP contribution >= 0.6 is 0 Å². The topological polar surface area (TPSA) is 62.2 Å². The van der Waals surface area contributed by atoms with Crippen LogP contribution in [0.15, 0.2) is 42.5 Å². The number of aliphatic hydroxyl groups is 1. The monoisotopic (exact) mass is 437 g/mol. The van der Waals surface area contributed by atoms with Gasteiger partial charge in [-0.25, -0.2) is 0 Å². The molecule has 1 aliphatic heterocycles. The van der Waals surface area contributed by atoms with Gasteiger partial charge in [0, 0.05) is 50.1 Å². The number of ether oxygens (including phenoxy) is 2. The smallest absolute Gasteiger partial charge is 0.161 e. The number of aryl methyl sites for hydroxylation is 2. The SMILES string of the molecule is [2H]C([2H])([2H])c1cccc(C([2H])([2H])[2H])c1CC(=O)C([2H])([2H])N1CCN(C([2H])([2H])C([2H])(O)COc2ccccc2OC)CC1. The number of piperazine rings is 1. The third-order valence-corrected chi connectivity index (χ3v) is 4.80. The maximum atomic E-state index is 13.2. The first-order valence-electron chi connectivity index (χ1n) is 15.4. The van der Waals surface area contributed by atoms with Crippen molar-refractivity contribution in [3.63, 3.8) is 0 Å². The molecule has 0 saturated carbocycles. The number of carbonyl (C=O) groups excluding carboxylic acids is 1. The van der Waals surface area contributed by atoms with Crippen LogP contribution in [0.4, 0.5) is 0 Å². The Bertz CT molecular complexity index is 1230. The zero-order valence-corrected chi connectivity index (χ0v) is 17.4. The van der Waals surface area contributed by atoms with E-state index in [-0.39, 0.29) is 48.6 Å². The Kier molecular flexibility index (Phi) is 4.58. The van der Waals surface area contributed by atoms with Gasteiger partial charge in [0.2, 0.25) is 0 Å². The summed E-state index contributed by atoms with van der Waals surface area (Å²) < 4.78 is 99.6. The minimum atomic E-state index is -2.74.